The lowest BCUT2D eigenvalue weighted by atomic mass is 9.93. The number of halogens is 4. The molecule has 0 bridgehead atoms. The maximum Gasteiger partial charge on any atom is 0.417 e. The Morgan fingerprint density at radius 1 is 0.720 bits per heavy atom. The summed E-state index contributed by atoms with van der Waals surface area (Å²) in [5.41, 5.74) is 2.56. The zero-order valence-corrected chi connectivity index (χ0v) is 13.8. The van der Waals surface area contributed by atoms with Crippen molar-refractivity contribution >= 4 is 0 Å². The minimum absolute atomic E-state index is 0.0537. The minimum Gasteiger partial charge on any atom is -0.206 e. The second-order valence-corrected chi connectivity index (χ2v) is 5.99. The summed E-state index contributed by atoms with van der Waals surface area (Å²) in [6.45, 7) is 3.90. The molecule has 0 heterocycles. The van der Waals surface area contributed by atoms with Crippen LogP contribution in [-0.2, 0) is 6.18 Å². The van der Waals surface area contributed by atoms with Gasteiger partial charge >= 0.3 is 6.18 Å². The first-order valence-electron chi connectivity index (χ1n) is 7.82. The molecule has 128 valence electrons. The maximum absolute atomic E-state index is 14.7. The van der Waals surface area contributed by atoms with E-state index in [2.05, 4.69) is 0 Å². The van der Waals surface area contributed by atoms with Crippen molar-refractivity contribution < 1.29 is 17.6 Å². The van der Waals surface area contributed by atoms with Crippen LogP contribution in [0.1, 0.15) is 16.7 Å². The maximum atomic E-state index is 14.7. The average Bonchev–Trinajstić information content (AvgIpc) is 2.56. The lowest BCUT2D eigenvalue weighted by Gasteiger charge is -2.15. The molecule has 25 heavy (non-hydrogen) atoms. The van der Waals surface area contributed by atoms with E-state index in [-0.39, 0.29) is 11.1 Å². The van der Waals surface area contributed by atoms with E-state index in [1.54, 1.807) is 6.07 Å². The van der Waals surface area contributed by atoms with Gasteiger partial charge in [-0.05, 0) is 53.8 Å². The Bertz CT molecular complexity index is 923. The molecule has 0 amide bonds. The summed E-state index contributed by atoms with van der Waals surface area (Å²) in [7, 11) is 0. The van der Waals surface area contributed by atoms with Gasteiger partial charge in [-0.25, -0.2) is 4.39 Å². The first kappa shape index (κ1) is 17.2. The van der Waals surface area contributed by atoms with Crippen molar-refractivity contribution in [2.45, 2.75) is 20.0 Å². The standard InChI is InChI=1S/C21H16F4/c1-13-6-5-8-16(14(13)2)15-10-11-18(20(22)12-15)17-7-3-4-9-19(17)21(23,24)25/h3-12H,1-2H3. The van der Waals surface area contributed by atoms with Gasteiger partial charge in [-0.1, -0.05) is 48.5 Å². The first-order valence-corrected chi connectivity index (χ1v) is 7.82. The van der Waals surface area contributed by atoms with Crippen LogP contribution in [0.2, 0.25) is 0 Å². The molecule has 0 radical (unpaired) electrons. The highest BCUT2D eigenvalue weighted by molar-refractivity contribution is 5.75. The van der Waals surface area contributed by atoms with Gasteiger partial charge in [-0.2, -0.15) is 13.2 Å². The molecule has 0 nitrogen and oxygen atoms in total. The van der Waals surface area contributed by atoms with Gasteiger partial charge in [0.25, 0.3) is 0 Å². The largest absolute Gasteiger partial charge is 0.417 e. The van der Waals surface area contributed by atoms with Crippen LogP contribution < -0.4 is 0 Å². The summed E-state index contributed by atoms with van der Waals surface area (Å²) in [6.07, 6.45) is -4.53. The Balaban J connectivity index is 2.12. The molecule has 0 aromatic heterocycles. The molecule has 0 aliphatic rings. The number of aryl methyl sites for hydroxylation is 1. The van der Waals surface area contributed by atoms with Crippen molar-refractivity contribution in [2.75, 3.05) is 0 Å². The lowest BCUT2D eigenvalue weighted by Crippen LogP contribution is -2.07. The second kappa shape index (κ2) is 6.36. The highest BCUT2D eigenvalue weighted by Gasteiger charge is 2.33. The molecular weight excluding hydrogens is 328 g/mol. The third kappa shape index (κ3) is 3.29. The number of alkyl halides is 3. The molecule has 0 saturated heterocycles. The topological polar surface area (TPSA) is 0 Å². The van der Waals surface area contributed by atoms with E-state index in [1.165, 1.54) is 30.3 Å². The Labute approximate surface area is 143 Å². The monoisotopic (exact) mass is 344 g/mol. The number of benzene rings is 3. The van der Waals surface area contributed by atoms with Crippen molar-refractivity contribution in [2.24, 2.45) is 0 Å². The molecule has 0 N–H and O–H groups in total. The fourth-order valence-electron chi connectivity index (χ4n) is 2.93. The van der Waals surface area contributed by atoms with E-state index >= 15 is 0 Å². The van der Waals surface area contributed by atoms with Crippen molar-refractivity contribution in [1.29, 1.82) is 0 Å². The van der Waals surface area contributed by atoms with E-state index in [0.717, 1.165) is 22.8 Å². The fraction of sp³-hybridized carbons (Fsp3) is 0.143. The highest BCUT2D eigenvalue weighted by Crippen LogP contribution is 2.38. The quantitative estimate of drug-likeness (QED) is 0.449. The van der Waals surface area contributed by atoms with Crippen LogP contribution in [0.15, 0.2) is 60.7 Å². The molecule has 0 atom stereocenters. The van der Waals surface area contributed by atoms with Crippen LogP contribution in [0.3, 0.4) is 0 Å². The summed E-state index contributed by atoms with van der Waals surface area (Å²) in [4.78, 5) is 0. The molecule has 0 spiro atoms. The van der Waals surface area contributed by atoms with Gasteiger partial charge in [-0.3, -0.25) is 0 Å². The average molecular weight is 344 g/mol. The van der Waals surface area contributed by atoms with Gasteiger partial charge in [0.2, 0.25) is 0 Å². The smallest absolute Gasteiger partial charge is 0.206 e. The van der Waals surface area contributed by atoms with Gasteiger partial charge in [0, 0.05) is 5.56 Å². The van der Waals surface area contributed by atoms with E-state index in [0.29, 0.717) is 5.56 Å². The molecule has 0 unspecified atom stereocenters. The normalized spacial score (nSPS) is 11.6. The number of rotatable bonds is 2. The Morgan fingerprint density at radius 3 is 2.08 bits per heavy atom. The SMILES string of the molecule is Cc1cccc(-c2ccc(-c3ccccc3C(F)(F)F)c(F)c2)c1C. The highest BCUT2D eigenvalue weighted by atomic mass is 19.4. The van der Waals surface area contributed by atoms with Crippen LogP contribution >= 0.6 is 0 Å². The van der Waals surface area contributed by atoms with Crippen LogP contribution in [0.4, 0.5) is 17.6 Å². The third-order valence-corrected chi connectivity index (χ3v) is 4.41. The molecular formula is C21H16F4. The van der Waals surface area contributed by atoms with E-state index in [1.807, 2.05) is 32.0 Å². The van der Waals surface area contributed by atoms with Gasteiger partial charge in [0.05, 0.1) is 5.56 Å². The minimum atomic E-state index is -4.53. The fourth-order valence-corrected chi connectivity index (χ4v) is 2.93. The Morgan fingerprint density at radius 2 is 1.40 bits per heavy atom. The van der Waals surface area contributed by atoms with Crippen molar-refractivity contribution in [3.05, 3.63) is 83.2 Å². The summed E-state index contributed by atoms with van der Waals surface area (Å²) in [6, 6.07) is 15.1. The summed E-state index contributed by atoms with van der Waals surface area (Å²) in [5.74, 6) is -0.671. The van der Waals surface area contributed by atoms with Gasteiger partial charge in [0.15, 0.2) is 0 Å². The van der Waals surface area contributed by atoms with E-state index in [9.17, 15) is 17.6 Å². The number of hydrogen-bond donors (Lipinski definition) is 0. The van der Waals surface area contributed by atoms with Gasteiger partial charge in [0.1, 0.15) is 5.82 Å². The van der Waals surface area contributed by atoms with Gasteiger partial charge in [-0.15, -0.1) is 0 Å². The van der Waals surface area contributed by atoms with Crippen LogP contribution in [0.25, 0.3) is 22.3 Å². The van der Waals surface area contributed by atoms with Gasteiger partial charge < -0.3 is 0 Å². The van der Waals surface area contributed by atoms with E-state index < -0.39 is 17.6 Å². The molecule has 4 heteroatoms. The summed E-state index contributed by atoms with van der Waals surface area (Å²) < 4.78 is 54.2. The second-order valence-electron chi connectivity index (χ2n) is 5.99. The third-order valence-electron chi connectivity index (χ3n) is 4.41. The molecule has 0 saturated carbocycles. The predicted octanol–water partition coefficient (Wildman–Crippen LogP) is 6.80. The van der Waals surface area contributed by atoms with Crippen LogP contribution in [-0.4, -0.2) is 0 Å². The van der Waals surface area contributed by atoms with Crippen LogP contribution in [0.5, 0.6) is 0 Å². The van der Waals surface area contributed by atoms with Crippen LogP contribution in [0, 0.1) is 19.7 Å². The first-order chi connectivity index (χ1) is 11.8. The molecule has 0 aliphatic carbocycles. The Hall–Kier alpha value is -2.62. The van der Waals surface area contributed by atoms with E-state index in [4.69, 9.17) is 0 Å². The molecule has 3 aromatic rings. The molecule has 3 rings (SSSR count). The van der Waals surface area contributed by atoms with Crippen molar-refractivity contribution in [3.63, 3.8) is 0 Å². The summed E-state index contributed by atoms with van der Waals surface area (Å²) in [5, 5.41) is 0. The zero-order valence-electron chi connectivity index (χ0n) is 13.8. The molecule has 0 fully saturated rings. The lowest BCUT2D eigenvalue weighted by molar-refractivity contribution is -0.137. The Kier molecular flexibility index (Phi) is 4.38. The molecule has 0 aliphatic heterocycles. The number of hydrogen-bond acceptors (Lipinski definition) is 0. The summed E-state index contributed by atoms with van der Waals surface area (Å²) >= 11 is 0. The predicted molar refractivity (Wildman–Crippen MR) is 91.7 cm³/mol. The van der Waals surface area contributed by atoms with Crippen molar-refractivity contribution in [3.8, 4) is 22.3 Å². The zero-order chi connectivity index (χ0) is 18.2. The molecule has 3 aromatic carbocycles. The van der Waals surface area contributed by atoms with Crippen molar-refractivity contribution in [1.82, 2.24) is 0 Å².